The third kappa shape index (κ3) is 5.37. The molecular weight excluding hydrogens is 515 g/mol. The molecule has 1 fully saturated rings. The van der Waals surface area contributed by atoms with E-state index in [1.54, 1.807) is 30.5 Å². The molecule has 5 rings (SSSR count). The maximum Gasteiger partial charge on any atom is 0.425 e. The maximum atomic E-state index is 13.6. The van der Waals surface area contributed by atoms with E-state index in [0.29, 0.717) is 23.3 Å². The summed E-state index contributed by atoms with van der Waals surface area (Å²) in [5.41, 5.74) is 6.72. The van der Waals surface area contributed by atoms with Gasteiger partial charge in [0.15, 0.2) is 12.1 Å². The minimum atomic E-state index is -4.58. The molecule has 1 aliphatic carbocycles. The molecule has 2 aromatic rings. The number of methoxy groups -OCH3 is 1. The van der Waals surface area contributed by atoms with E-state index < -0.39 is 48.1 Å². The molecule has 0 unspecified atom stereocenters. The Bertz CT molecular complexity index is 1310. The first kappa shape index (κ1) is 26.8. The normalized spacial score (nSPS) is 26.6. The van der Waals surface area contributed by atoms with E-state index in [1.807, 2.05) is 13.8 Å². The van der Waals surface area contributed by atoms with Gasteiger partial charge in [-0.25, -0.2) is 4.99 Å². The van der Waals surface area contributed by atoms with Gasteiger partial charge in [-0.05, 0) is 43.9 Å². The van der Waals surface area contributed by atoms with Crippen molar-refractivity contribution in [2.24, 2.45) is 22.6 Å². The summed E-state index contributed by atoms with van der Waals surface area (Å²) >= 11 is 0. The van der Waals surface area contributed by atoms with E-state index in [9.17, 15) is 22.8 Å². The van der Waals surface area contributed by atoms with Crippen LogP contribution in [0.5, 0.6) is 11.5 Å². The number of alkyl halides is 3. The number of halogens is 3. The highest BCUT2D eigenvalue weighted by Gasteiger charge is 2.54. The van der Waals surface area contributed by atoms with Crippen molar-refractivity contribution < 1.29 is 32.2 Å². The number of amides is 2. The number of nitrogens with zero attached hydrogens (tertiary/aromatic N) is 3. The first-order valence-corrected chi connectivity index (χ1v) is 12.7. The van der Waals surface area contributed by atoms with Crippen molar-refractivity contribution in [2.75, 3.05) is 7.11 Å². The minimum absolute atomic E-state index is 0.0431. The molecule has 3 aliphatic rings. The summed E-state index contributed by atoms with van der Waals surface area (Å²) in [6.07, 6.45) is -3.41. The Hall–Kier alpha value is -3.83. The number of fused-ring (bicyclic) bond motifs is 1. The fourth-order valence-corrected chi connectivity index (χ4v) is 5.48. The third-order valence-corrected chi connectivity index (χ3v) is 7.38. The SMILES string of the molecule is COc1cncc([C@H]([C@H]2C[C@@H]2C(=O)N[C@H]2C[C@@H](C(F)(F)F)Oc3ccccc32)N2C(=O)CC(C)(C)N=C2N)c1. The summed E-state index contributed by atoms with van der Waals surface area (Å²) in [4.78, 5) is 36.8. The molecule has 1 aromatic heterocycles. The van der Waals surface area contributed by atoms with E-state index in [2.05, 4.69) is 15.3 Å². The minimum Gasteiger partial charge on any atom is -0.495 e. The number of hydrogen-bond acceptors (Lipinski definition) is 7. The molecule has 2 aliphatic heterocycles. The number of para-hydroxylation sites is 1. The average molecular weight is 546 g/mol. The van der Waals surface area contributed by atoms with Gasteiger partial charge in [-0.3, -0.25) is 19.5 Å². The van der Waals surface area contributed by atoms with Crippen LogP contribution in [0.2, 0.25) is 0 Å². The summed E-state index contributed by atoms with van der Waals surface area (Å²) in [6, 6.07) is 6.58. The van der Waals surface area contributed by atoms with Crippen LogP contribution in [0.15, 0.2) is 47.7 Å². The summed E-state index contributed by atoms with van der Waals surface area (Å²) < 4.78 is 51.2. The van der Waals surface area contributed by atoms with Gasteiger partial charge in [-0.2, -0.15) is 13.2 Å². The Labute approximate surface area is 223 Å². The maximum absolute atomic E-state index is 13.6. The van der Waals surface area contributed by atoms with Crippen molar-refractivity contribution in [3.05, 3.63) is 53.9 Å². The summed E-state index contributed by atoms with van der Waals surface area (Å²) in [5, 5.41) is 2.81. The van der Waals surface area contributed by atoms with E-state index in [1.165, 1.54) is 24.3 Å². The Balaban J connectivity index is 1.41. The zero-order valence-corrected chi connectivity index (χ0v) is 21.7. The van der Waals surface area contributed by atoms with Gasteiger partial charge >= 0.3 is 6.18 Å². The highest BCUT2D eigenvalue weighted by Crippen LogP contribution is 2.52. The van der Waals surface area contributed by atoms with Crippen LogP contribution in [0.4, 0.5) is 13.2 Å². The van der Waals surface area contributed by atoms with Gasteiger partial charge in [-0.1, -0.05) is 18.2 Å². The average Bonchev–Trinajstić information content (AvgIpc) is 3.65. The Morgan fingerprint density at radius 1 is 1.26 bits per heavy atom. The predicted molar refractivity (Wildman–Crippen MR) is 135 cm³/mol. The number of carbonyl (C=O) groups excluding carboxylic acids is 2. The number of rotatable bonds is 6. The summed E-state index contributed by atoms with van der Waals surface area (Å²) in [6.45, 7) is 3.62. The number of guanidine groups is 1. The lowest BCUT2D eigenvalue weighted by molar-refractivity contribution is -0.201. The van der Waals surface area contributed by atoms with E-state index >= 15 is 0 Å². The number of hydrogen-bond donors (Lipinski definition) is 2. The molecule has 3 heterocycles. The molecule has 0 saturated heterocycles. The number of aliphatic imine (C=N–C) groups is 1. The Morgan fingerprint density at radius 2 is 2.00 bits per heavy atom. The number of pyridine rings is 1. The molecule has 12 heteroatoms. The molecule has 0 radical (unpaired) electrons. The smallest absolute Gasteiger partial charge is 0.425 e. The molecule has 1 aromatic carbocycles. The van der Waals surface area contributed by atoms with Crippen LogP contribution < -0.4 is 20.5 Å². The molecule has 39 heavy (non-hydrogen) atoms. The first-order valence-electron chi connectivity index (χ1n) is 12.7. The molecule has 0 bridgehead atoms. The summed E-state index contributed by atoms with van der Waals surface area (Å²) in [7, 11) is 1.49. The number of nitrogens with two attached hydrogens (primary N) is 1. The van der Waals surface area contributed by atoms with E-state index in [-0.39, 0.29) is 30.0 Å². The van der Waals surface area contributed by atoms with Crippen LogP contribution in [0.1, 0.15) is 56.3 Å². The van der Waals surface area contributed by atoms with Gasteiger partial charge in [0, 0.05) is 24.1 Å². The van der Waals surface area contributed by atoms with E-state index in [4.69, 9.17) is 15.2 Å². The highest BCUT2D eigenvalue weighted by molar-refractivity contribution is 5.99. The standard InChI is InChI=1S/C27H30F3N5O4/c1-26(2)11-22(36)35(25(31)34-26)23(14-8-15(38-3)13-32-12-14)17-9-18(17)24(37)33-19-10-21(27(28,29)30)39-20-7-5-4-6-16(19)20/h4-8,12-13,17-19,21,23H,9-11H2,1-3H3,(H2,31,34)(H,33,37)/t17-,18-,19-,21-,23+/m0/s1. The van der Waals surface area contributed by atoms with Gasteiger partial charge in [0.05, 0.1) is 37.4 Å². The summed E-state index contributed by atoms with van der Waals surface area (Å²) in [5.74, 6) is -0.948. The van der Waals surface area contributed by atoms with Crippen molar-refractivity contribution >= 4 is 17.8 Å². The largest absolute Gasteiger partial charge is 0.495 e. The van der Waals surface area contributed by atoms with Crippen molar-refractivity contribution in [1.82, 2.24) is 15.2 Å². The fourth-order valence-electron chi connectivity index (χ4n) is 5.48. The molecular formula is C27H30F3N5O4. The van der Waals surface area contributed by atoms with Gasteiger partial charge in [0.2, 0.25) is 11.8 Å². The van der Waals surface area contributed by atoms with Crippen LogP contribution in [-0.2, 0) is 9.59 Å². The molecule has 0 spiro atoms. The molecule has 1 saturated carbocycles. The van der Waals surface area contributed by atoms with Crippen LogP contribution in [0.25, 0.3) is 0 Å². The number of benzene rings is 1. The molecule has 3 N–H and O–H groups in total. The zero-order chi connectivity index (χ0) is 28.1. The number of nitrogens with one attached hydrogen (secondary N) is 1. The topological polar surface area (TPSA) is 119 Å². The number of aromatic nitrogens is 1. The fraction of sp³-hybridized carbons (Fsp3) is 0.481. The predicted octanol–water partition coefficient (Wildman–Crippen LogP) is 3.66. The molecule has 2 amide bonds. The lowest BCUT2D eigenvalue weighted by atomic mass is 9.94. The van der Waals surface area contributed by atoms with Gasteiger partial charge in [0.25, 0.3) is 0 Å². The Kier molecular flexibility index (Phi) is 6.68. The first-order chi connectivity index (χ1) is 18.4. The van der Waals surface area contributed by atoms with Crippen molar-refractivity contribution in [3.8, 4) is 11.5 Å². The Morgan fingerprint density at radius 3 is 2.69 bits per heavy atom. The van der Waals surface area contributed by atoms with Gasteiger partial charge in [-0.15, -0.1) is 0 Å². The number of ether oxygens (including phenoxy) is 2. The monoisotopic (exact) mass is 545 g/mol. The second-order valence-electron chi connectivity index (χ2n) is 10.8. The second-order valence-corrected chi connectivity index (χ2v) is 10.8. The van der Waals surface area contributed by atoms with Crippen molar-refractivity contribution in [3.63, 3.8) is 0 Å². The van der Waals surface area contributed by atoms with Crippen molar-refractivity contribution in [1.29, 1.82) is 0 Å². The van der Waals surface area contributed by atoms with Gasteiger partial charge < -0.3 is 20.5 Å². The third-order valence-electron chi connectivity index (χ3n) is 7.38. The van der Waals surface area contributed by atoms with Crippen LogP contribution in [0.3, 0.4) is 0 Å². The van der Waals surface area contributed by atoms with Crippen LogP contribution in [-0.4, -0.2) is 52.6 Å². The van der Waals surface area contributed by atoms with E-state index in [0.717, 1.165) is 0 Å². The van der Waals surface area contributed by atoms with Crippen LogP contribution >= 0.6 is 0 Å². The highest BCUT2D eigenvalue weighted by atomic mass is 19.4. The lowest BCUT2D eigenvalue weighted by Gasteiger charge is -2.38. The quantitative estimate of drug-likeness (QED) is 0.572. The van der Waals surface area contributed by atoms with Crippen LogP contribution in [0, 0.1) is 11.8 Å². The molecule has 9 nitrogen and oxygen atoms in total. The number of carbonyl (C=O) groups is 2. The van der Waals surface area contributed by atoms with Gasteiger partial charge in [0.1, 0.15) is 11.5 Å². The molecule has 208 valence electrons. The lowest BCUT2D eigenvalue weighted by Crippen LogP contribution is -2.52. The molecule has 5 atom stereocenters. The van der Waals surface area contributed by atoms with Crippen molar-refractivity contribution in [2.45, 2.75) is 63.0 Å². The zero-order valence-electron chi connectivity index (χ0n) is 21.7. The second kappa shape index (κ2) is 9.73.